The Balaban J connectivity index is 1.52. The van der Waals surface area contributed by atoms with Crippen LogP contribution in [0.2, 0.25) is 0 Å². The number of phenols is 1. The number of anilines is 2. The molecule has 1 heterocycles. The summed E-state index contributed by atoms with van der Waals surface area (Å²) in [5.41, 5.74) is 4.93. The molecular weight excluding hydrogens is 574 g/mol. The summed E-state index contributed by atoms with van der Waals surface area (Å²) in [7, 11) is -2.70. The molecule has 2 rings (SSSR count). The molecule has 0 atom stereocenters. The minimum absolute atomic E-state index is 0.00348. The topological polar surface area (TPSA) is 264 Å². The summed E-state index contributed by atoms with van der Waals surface area (Å²) in [4.78, 5) is 47.3. The van der Waals surface area contributed by atoms with Gasteiger partial charge in [-0.25, -0.2) is 13.6 Å². The maximum absolute atomic E-state index is 12.0. The SMILES string of the molecule is COc1ccc(NC(=O)COCCOCCNC(=O)CCCC(=O)Nc2nnc(S(N)(=O)=O)s2)c(O)c1C(N)=O. The van der Waals surface area contributed by atoms with Crippen LogP contribution in [0, 0.1) is 0 Å². The number of ether oxygens (including phenoxy) is 3. The zero-order valence-corrected chi connectivity index (χ0v) is 22.9. The number of amides is 4. The number of aromatic nitrogens is 2. The minimum Gasteiger partial charge on any atom is -0.505 e. The third-order valence-electron chi connectivity index (χ3n) is 4.76. The van der Waals surface area contributed by atoms with Crippen LogP contribution in [0.4, 0.5) is 10.8 Å². The van der Waals surface area contributed by atoms with Crippen molar-refractivity contribution >= 4 is 55.8 Å². The van der Waals surface area contributed by atoms with Crippen LogP contribution in [0.5, 0.6) is 11.5 Å². The molecule has 8 N–H and O–H groups in total. The molecule has 4 amide bonds. The maximum Gasteiger partial charge on any atom is 0.267 e. The first-order valence-electron chi connectivity index (χ1n) is 11.5. The summed E-state index contributed by atoms with van der Waals surface area (Å²) in [5, 5.41) is 29.4. The Bertz CT molecular complexity index is 1320. The first kappa shape index (κ1) is 32.3. The Labute approximate surface area is 232 Å². The van der Waals surface area contributed by atoms with Gasteiger partial charge in [0, 0.05) is 19.4 Å². The summed E-state index contributed by atoms with van der Waals surface area (Å²) < 4.78 is 37.4. The number of benzene rings is 1. The van der Waals surface area contributed by atoms with Crippen LogP contribution < -0.4 is 31.6 Å². The molecule has 0 spiro atoms. The van der Waals surface area contributed by atoms with Crippen molar-refractivity contribution in [2.45, 2.75) is 23.6 Å². The molecule has 0 unspecified atom stereocenters. The average Bonchev–Trinajstić information content (AvgIpc) is 3.35. The average molecular weight is 604 g/mol. The molecular formula is C21H29N7O10S2. The lowest BCUT2D eigenvalue weighted by Gasteiger charge is -2.13. The van der Waals surface area contributed by atoms with Crippen LogP contribution in [0.3, 0.4) is 0 Å². The van der Waals surface area contributed by atoms with Gasteiger partial charge in [0.15, 0.2) is 5.75 Å². The number of nitrogens with zero attached hydrogens (tertiary/aromatic N) is 2. The Morgan fingerprint density at radius 3 is 2.35 bits per heavy atom. The lowest BCUT2D eigenvalue weighted by atomic mass is 10.1. The number of sulfonamides is 1. The number of carbonyl (C=O) groups excluding carboxylic acids is 4. The number of nitrogens with two attached hydrogens (primary N) is 2. The molecule has 0 aliphatic rings. The molecule has 1 aromatic carbocycles. The van der Waals surface area contributed by atoms with E-state index in [1.165, 1.54) is 19.2 Å². The van der Waals surface area contributed by atoms with Gasteiger partial charge in [-0.1, -0.05) is 11.3 Å². The van der Waals surface area contributed by atoms with Gasteiger partial charge < -0.3 is 41.0 Å². The van der Waals surface area contributed by atoms with E-state index in [2.05, 4.69) is 26.1 Å². The molecule has 0 aliphatic heterocycles. The van der Waals surface area contributed by atoms with Crippen molar-refractivity contribution in [3.63, 3.8) is 0 Å². The molecule has 1 aromatic heterocycles. The van der Waals surface area contributed by atoms with E-state index in [-0.39, 0.29) is 80.3 Å². The van der Waals surface area contributed by atoms with Gasteiger partial charge in [0.2, 0.25) is 27.2 Å². The number of carbonyl (C=O) groups is 4. The summed E-state index contributed by atoms with van der Waals surface area (Å²) in [5.74, 6) is -2.73. The van der Waals surface area contributed by atoms with E-state index in [1.54, 1.807) is 0 Å². The van der Waals surface area contributed by atoms with Gasteiger partial charge in [0.25, 0.3) is 15.9 Å². The number of rotatable bonds is 17. The van der Waals surface area contributed by atoms with E-state index in [0.29, 0.717) is 11.3 Å². The quantitative estimate of drug-likeness (QED) is 0.0714. The molecule has 40 heavy (non-hydrogen) atoms. The van der Waals surface area contributed by atoms with Crippen molar-refractivity contribution in [2.75, 3.05) is 50.7 Å². The second-order valence-corrected chi connectivity index (χ2v) is 10.5. The Morgan fingerprint density at radius 2 is 1.70 bits per heavy atom. The Kier molecular flexibility index (Phi) is 12.6. The summed E-state index contributed by atoms with van der Waals surface area (Å²) in [6, 6.07) is 2.72. The first-order chi connectivity index (χ1) is 18.9. The van der Waals surface area contributed by atoms with Crippen molar-refractivity contribution in [2.24, 2.45) is 10.9 Å². The molecule has 0 saturated carbocycles. The number of hydrogen-bond donors (Lipinski definition) is 6. The lowest BCUT2D eigenvalue weighted by molar-refractivity contribution is -0.122. The molecule has 0 bridgehead atoms. The zero-order valence-electron chi connectivity index (χ0n) is 21.3. The molecule has 17 nitrogen and oxygen atoms in total. The highest BCUT2D eigenvalue weighted by atomic mass is 32.2. The van der Waals surface area contributed by atoms with E-state index < -0.39 is 37.8 Å². The molecule has 0 saturated heterocycles. The van der Waals surface area contributed by atoms with E-state index in [9.17, 15) is 32.7 Å². The van der Waals surface area contributed by atoms with Crippen molar-refractivity contribution in [1.82, 2.24) is 15.5 Å². The monoisotopic (exact) mass is 603 g/mol. The second-order valence-electron chi connectivity index (χ2n) is 7.79. The van der Waals surface area contributed by atoms with Crippen molar-refractivity contribution in [1.29, 1.82) is 0 Å². The van der Waals surface area contributed by atoms with E-state index >= 15 is 0 Å². The number of nitrogens with one attached hydrogen (secondary N) is 3. The van der Waals surface area contributed by atoms with Gasteiger partial charge in [-0.2, -0.15) is 0 Å². The molecule has 220 valence electrons. The smallest absolute Gasteiger partial charge is 0.267 e. The number of primary sulfonamides is 1. The normalized spacial score (nSPS) is 11.1. The molecule has 0 radical (unpaired) electrons. The molecule has 0 aliphatic carbocycles. The fraction of sp³-hybridized carbons (Fsp3) is 0.429. The maximum atomic E-state index is 12.0. The lowest BCUT2D eigenvalue weighted by Crippen LogP contribution is -2.27. The minimum atomic E-state index is -4.00. The molecule has 19 heteroatoms. The highest BCUT2D eigenvalue weighted by Crippen LogP contribution is 2.34. The second kappa shape index (κ2) is 15.6. The van der Waals surface area contributed by atoms with Gasteiger partial charge in [-0.15, -0.1) is 10.2 Å². The van der Waals surface area contributed by atoms with E-state index in [1.807, 2.05) is 0 Å². The zero-order chi connectivity index (χ0) is 29.7. The first-order valence-corrected chi connectivity index (χ1v) is 13.9. The third kappa shape index (κ3) is 10.7. The van der Waals surface area contributed by atoms with Crippen molar-refractivity contribution in [3.05, 3.63) is 17.7 Å². The van der Waals surface area contributed by atoms with Gasteiger partial charge in [-0.05, 0) is 18.6 Å². The van der Waals surface area contributed by atoms with E-state index in [4.69, 9.17) is 25.1 Å². The van der Waals surface area contributed by atoms with E-state index in [0.717, 1.165) is 0 Å². The number of hydrogen-bond acceptors (Lipinski definition) is 13. The molecule has 0 fully saturated rings. The third-order valence-corrected chi connectivity index (χ3v) is 6.91. The predicted octanol–water partition coefficient (Wildman–Crippen LogP) is -1.10. The van der Waals surface area contributed by atoms with Gasteiger partial charge in [-0.3, -0.25) is 19.2 Å². The van der Waals surface area contributed by atoms with Gasteiger partial charge >= 0.3 is 0 Å². The summed E-state index contributed by atoms with van der Waals surface area (Å²) in [6.07, 6.45) is 0.325. The van der Waals surface area contributed by atoms with Crippen LogP contribution in [-0.2, 0) is 33.9 Å². The predicted molar refractivity (Wildman–Crippen MR) is 140 cm³/mol. The Morgan fingerprint density at radius 1 is 1.00 bits per heavy atom. The van der Waals surface area contributed by atoms with Crippen molar-refractivity contribution < 1.29 is 46.9 Å². The highest BCUT2D eigenvalue weighted by molar-refractivity contribution is 7.91. The standard InChI is InChI=1S/C21H29N7O10S2/c1-36-13-6-5-12(18(32)17(13)19(22)33)25-16(31)11-38-10-9-37-8-7-24-14(29)3-2-4-15(30)26-20-27-28-21(39-20)40(23,34)35/h5-6,32H,2-4,7-11H2,1H3,(H2,22,33)(H,24,29)(H,25,31)(H2,23,34,35)(H,26,27,30). The van der Waals surface area contributed by atoms with Gasteiger partial charge in [0.1, 0.15) is 17.9 Å². The number of aromatic hydroxyl groups is 1. The highest BCUT2D eigenvalue weighted by Gasteiger charge is 2.19. The van der Waals surface area contributed by atoms with Crippen LogP contribution in [0.1, 0.15) is 29.6 Å². The molecule has 2 aromatic rings. The fourth-order valence-electron chi connectivity index (χ4n) is 2.97. The van der Waals surface area contributed by atoms with Crippen LogP contribution >= 0.6 is 11.3 Å². The number of primary amides is 1. The fourth-order valence-corrected chi connectivity index (χ4v) is 4.32. The summed E-state index contributed by atoms with van der Waals surface area (Å²) >= 11 is 0.617. The largest absolute Gasteiger partial charge is 0.505 e. The summed E-state index contributed by atoms with van der Waals surface area (Å²) in [6.45, 7) is 0.260. The van der Waals surface area contributed by atoms with Crippen LogP contribution in [0.25, 0.3) is 0 Å². The number of methoxy groups -OCH3 is 1. The van der Waals surface area contributed by atoms with Crippen LogP contribution in [-0.4, -0.2) is 87.4 Å². The van der Waals surface area contributed by atoms with Gasteiger partial charge in [0.05, 0.1) is 32.6 Å². The van der Waals surface area contributed by atoms with Crippen LogP contribution in [0.15, 0.2) is 16.5 Å². The van der Waals surface area contributed by atoms with Crippen molar-refractivity contribution in [3.8, 4) is 11.5 Å². The Hall–Kier alpha value is -3.91.